The zero-order chi connectivity index (χ0) is 16.3. The van der Waals surface area contributed by atoms with Crippen LogP contribution in [0.3, 0.4) is 0 Å². The van der Waals surface area contributed by atoms with Gasteiger partial charge in [0.25, 0.3) is 0 Å². The van der Waals surface area contributed by atoms with Crippen LogP contribution in [-0.4, -0.2) is 9.91 Å². The van der Waals surface area contributed by atoms with E-state index in [0.29, 0.717) is 5.56 Å². The Kier molecular flexibility index (Phi) is 4.30. The lowest BCUT2D eigenvalue weighted by molar-refractivity contribution is -0.384. The number of anilines is 1. The number of alkyl halides is 3. The first kappa shape index (κ1) is 15.7. The Morgan fingerprint density at radius 3 is 2.64 bits per heavy atom. The first-order valence-corrected chi connectivity index (χ1v) is 6.32. The van der Waals surface area contributed by atoms with Crippen molar-refractivity contribution in [2.75, 3.05) is 5.32 Å². The van der Waals surface area contributed by atoms with Crippen LogP contribution in [0.15, 0.2) is 42.6 Å². The lowest BCUT2D eigenvalue weighted by Crippen LogP contribution is -2.11. The summed E-state index contributed by atoms with van der Waals surface area (Å²) in [5.74, 6) is 0.0115. The van der Waals surface area contributed by atoms with Crippen molar-refractivity contribution in [2.24, 2.45) is 0 Å². The predicted molar refractivity (Wildman–Crippen MR) is 74.4 cm³/mol. The van der Waals surface area contributed by atoms with E-state index < -0.39 is 22.7 Å². The molecular weight excluding hydrogens is 299 g/mol. The fourth-order valence-electron chi connectivity index (χ4n) is 1.93. The Morgan fingerprint density at radius 1 is 1.27 bits per heavy atom. The highest BCUT2D eigenvalue weighted by Crippen LogP contribution is 2.32. The number of nitrogens with zero attached hydrogens (tertiary/aromatic N) is 2. The van der Waals surface area contributed by atoms with Crippen molar-refractivity contribution in [1.29, 1.82) is 0 Å². The van der Waals surface area contributed by atoms with Gasteiger partial charge in [0.2, 0.25) is 5.82 Å². The van der Waals surface area contributed by atoms with E-state index in [1.54, 1.807) is 6.92 Å². The van der Waals surface area contributed by atoms with Crippen LogP contribution in [0, 0.1) is 10.1 Å². The minimum Gasteiger partial charge on any atom is -0.358 e. The summed E-state index contributed by atoms with van der Waals surface area (Å²) in [5.41, 5.74) is -0.648. The van der Waals surface area contributed by atoms with Crippen molar-refractivity contribution in [3.63, 3.8) is 0 Å². The zero-order valence-electron chi connectivity index (χ0n) is 11.5. The second-order valence-electron chi connectivity index (χ2n) is 4.62. The number of hydrogen-bond acceptors (Lipinski definition) is 4. The lowest BCUT2D eigenvalue weighted by atomic mass is 10.0. The van der Waals surface area contributed by atoms with Gasteiger partial charge < -0.3 is 5.32 Å². The fourth-order valence-corrected chi connectivity index (χ4v) is 1.93. The van der Waals surface area contributed by atoms with Gasteiger partial charge in [0.15, 0.2) is 0 Å². The van der Waals surface area contributed by atoms with Gasteiger partial charge in [0.1, 0.15) is 0 Å². The molecule has 5 nitrogen and oxygen atoms in total. The van der Waals surface area contributed by atoms with Gasteiger partial charge in [-0.3, -0.25) is 10.1 Å². The van der Waals surface area contributed by atoms with Gasteiger partial charge in [0.05, 0.1) is 16.5 Å². The Morgan fingerprint density at radius 2 is 2.00 bits per heavy atom. The molecule has 1 unspecified atom stereocenters. The average Bonchev–Trinajstić information content (AvgIpc) is 2.47. The predicted octanol–water partition coefficient (Wildman–Crippen LogP) is 4.18. The summed E-state index contributed by atoms with van der Waals surface area (Å²) < 4.78 is 38.1. The standard InChI is InChI=1S/C14H12F3N3O2/c1-9(10-4-2-5-11(8-10)14(15,16)17)19-13-12(20(21)22)6-3-7-18-13/h2-9H,1H3,(H,18,19). The number of nitro groups is 1. The molecule has 22 heavy (non-hydrogen) atoms. The van der Waals surface area contributed by atoms with Crippen LogP contribution in [0.4, 0.5) is 24.7 Å². The largest absolute Gasteiger partial charge is 0.416 e. The highest BCUT2D eigenvalue weighted by Gasteiger charge is 2.30. The number of hydrogen-bond donors (Lipinski definition) is 1. The normalized spacial score (nSPS) is 12.7. The number of benzene rings is 1. The molecule has 0 spiro atoms. The van der Waals surface area contributed by atoms with Gasteiger partial charge in [-0.05, 0) is 30.7 Å². The van der Waals surface area contributed by atoms with Crippen LogP contribution in [0.2, 0.25) is 0 Å². The van der Waals surface area contributed by atoms with Gasteiger partial charge in [-0.25, -0.2) is 4.98 Å². The number of rotatable bonds is 4. The molecule has 116 valence electrons. The molecule has 1 heterocycles. The molecule has 0 saturated heterocycles. The minimum absolute atomic E-state index is 0.0115. The van der Waals surface area contributed by atoms with E-state index in [1.807, 2.05) is 0 Å². The molecule has 0 bridgehead atoms. The number of nitrogens with one attached hydrogen (secondary N) is 1. The molecule has 8 heteroatoms. The molecule has 0 amide bonds. The molecule has 1 aromatic heterocycles. The molecule has 0 aliphatic carbocycles. The van der Waals surface area contributed by atoms with Gasteiger partial charge in [-0.1, -0.05) is 12.1 Å². The Balaban J connectivity index is 2.27. The summed E-state index contributed by atoms with van der Waals surface area (Å²) in [6, 6.07) is 6.90. The lowest BCUT2D eigenvalue weighted by Gasteiger charge is -2.16. The first-order chi connectivity index (χ1) is 10.3. The second kappa shape index (κ2) is 6.00. The smallest absolute Gasteiger partial charge is 0.358 e. The summed E-state index contributed by atoms with van der Waals surface area (Å²) >= 11 is 0. The van der Waals surface area contributed by atoms with E-state index in [9.17, 15) is 23.3 Å². The maximum atomic E-state index is 12.7. The highest BCUT2D eigenvalue weighted by molar-refractivity contribution is 5.56. The summed E-state index contributed by atoms with van der Waals surface area (Å²) in [6.45, 7) is 1.61. The van der Waals surface area contributed by atoms with Crippen molar-refractivity contribution in [3.05, 3.63) is 63.8 Å². The molecule has 0 aliphatic rings. The van der Waals surface area contributed by atoms with E-state index in [4.69, 9.17) is 0 Å². The molecule has 0 radical (unpaired) electrons. The maximum absolute atomic E-state index is 12.7. The summed E-state index contributed by atoms with van der Waals surface area (Å²) in [7, 11) is 0. The van der Waals surface area contributed by atoms with Crippen LogP contribution in [-0.2, 0) is 6.18 Å². The summed E-state index contributed by atoms with van der Waals surface area (Å²) in [5, 5.41) is 13.7. The van der Waals surface area contributed by atoms with Crippen molar-refractivity contribution >= 4 is 11.5 Å². The quantitative estimate of drug-likeness (QED) is 0.679. The van der Waals surface area contributed by atoms with Crippen LogP contribution in [0.1, 0.15) is 24.1 Å². The van der Waals surface area contributed by atoms with Crippen molar-refractivity contribution in [2.45, 2.75) is 19.1 Å². The molecule has 1 N–H and O–H groups in total. The Hall–Kier alpha value is -2.64. The maximum Gasteiger partial charge on any atom is 0.416 e. The number of aromatic nitrogens is 1. The van der Waals surface area contributed by atoms with Gasteiger partial charge >= 0.3 is 11.9 Å². The van der Waals surface area contributed by atoms with Crippen LogP contribution in [0.25, 0.3) is 0 Å². The molecule has 0 aliphatic heterocycles. The number of pyridine rings is 1. The topological polar surface area (TPSA) is 68.1 Å². The molecule has 0 fully saturated rings. The molecule has 0 saturated carbocycles. The van der Waals surface area contributed by atoms with Crippen LogP contribution >= 0.6 is 0 Å². The first-order valence-electron chi connectivity index (χ1n) is 6.32. The van der Waals surface area contributed by atoms with E-state index in [1.165, 1.54) is 30.5 Å². The van der Waals surface area contributed by atoms with E-state index >= 15 is 0 Å². The van der Waals surface area contributed by atoms with Crippen LogP contribution < -0.4 is 5.32 Å². The van der Waals surface area contributed by atoms with Gasteiger partial charge in [0, 0.05) is 12.3 Å². The summed E-state index contributed by atoms with van der Waals surface area (Å²) in [4.78, 5) is 14.2. The minimum atomic E-state index is -4.44. The Bertz CT molecular complexity index is 689. The molecular formula is C14H12F3N3O2. The molecule has 1 aromatic carbocycles. The van der Waals surface area contributed by atoms with Crippen molar-refractivity contribution < 1.29 is 18.1 Å². The second-order valence-corrected chi connectivity index (χ2v) is 4.62. The third-order valence-electron chi connectivity index (χ3n) is 3.05. The van der Waals surface area contributed by atoms with Crippen molar-refractivity contribution in [1.82, 2.24) is 4.98 Å². The SMILES string of the molecule is CC(Nc1ncccc1[N+](=O)[O-])c1cccc(C(F)(F)F)c1. The van der Waals surface area contributed by atoms with Crippen molar-refractivity contribution in [3.8, 4) is 0 Å². The third kappa shape index (κ3) is 3.51. The average molecular weight is 311 g/mol. The highest BCUT2D eigenvalue weighted by atomic mass is 19.4. The molecule has 1 atom stereocenters. The summed E-state index contributed by atoms with van der Waals surface area (Å²) in [6.07, 6.45) is -3.07. The van der Waals surface area contributed by atoms with Gasteiger partial charge in [-0.15, -0.1) is 0 Å². The van der Waals surface area contributed by atoms with E-state index in [0.717, 1.165) is 12.1 Å². The third-order valence-corrected chi connectivity index (χ3v) is 3.05. The number of halogens is 3. The van der Waals surface area contributed by atoms with E-state index in [-0.39, 0.29) is 11.5 Å². The fraction of sp³-hybridized carbons (Fsp3) is 0.214. The van der Waals surface area contributed by atoms with Gasteiger partial charge in [-0.2, -0.15) is 13.2 Å². The monoisotopic (exact) mass is 311 g/mol. The van der Waals surface area contributed by atoms with Crippen LogP contribution in [0.5, 0.6) is 0 Å². The molecule has 2 rings (SSSR count). The Labute approximate surface area is 124 Å². The van der Waals surface area contributed by atoms with E-state index in [2.05, 4.69) is 10.3 Å². The zero-order valence-corrected chi connectivity index (χ0v) is 11.5. The molecule has 2 aromatic rings.